The van der Waals surface area contributed by atoms with Gasteiger partial charge in [-0.2, -0.15) is 0 Å². The molecule has 0 aliphatic heterocycles. The Labute approximate surface area is 111 Å². The lowest BCUT2D eigenvalue weighted by Gasteiger charge is -2.14. The lowest BCUT2D eigenvalue weighted by atomic mass is 10.2. The number of rotatable bonds is 6. The molecular weight excluding hydrogens is 248 g/mol. The minimum Gasteiger partial charge on any atom is -0.475 e. The van der Waals surface area contributed by atoms with Crippen LogP contribution in [0.4, 0.5) is 0 Å². The van der Waals surface area contributed by atoms with Crippen LogP contribution in [0.5, 0.6) is 0 Å². The molecule has 6 heteroatoms. The number of carbonyl (C=O) groups excluding carboxylic acids is 1. The van der Waals surface area contributed by atoms with Crippen molar-refractivity contribution in [3.63, 3.8) is 0 Å². The van der Waals surface area contributed by atoms with Crippen LogP contribution in [0.25, 0.3) is 0 Å². The predicted molar refractivity (Wildman–Crippen MR) is 67.9 cm³/mol. The summed E-state index contributed by atoms with van der Waals surface area (Å²) in [5.41, 5.74) is 0.596. The maximum Gasteiger partial charge on any atom is 0.372 e. The quantitative estimate of drug-likeness (QED) is 0.802. The molecule has 6 nitrogen and oxygen atoms in total. The maximum atomic E-state index is 11.6. The first-order chi connectivity index (χ1) is 8.95. The molecule has 19 heavy (non-hydrogen) atoms. The van der Waals surface area contributed by atoms with Crippen molar-refractivity contribution in [2.75, 3.05) is 13.6 Å². The van der Waals surface area contributed by atoms with E-state index in [1.54, 1.807) is 24.9 Å². The number of hydrogen-bond acceptors (Lipinski definition) is 4. The molecule has 2 N–H and O–H groups in total. The molecule has 0 atom stereocenters. The fourth-order valence-corrected chi connectivity index (χ4v) is 1.91. The number of likely N-dealkylation sites (N-methyl/N-ethyl adjacent to an activating group) is 1. The number of carboxylic acids is 1. The second-order valence-corrected chi connectivity index (χ2v) is 5.04. The van der Waals surface area contributed by atoms with E-state index in [4.69, 9.17) is 9.52 Å². The number of carboxylic acid groups (broad SMARTS) is 1. The highest BCUT2D eigenvalue weighted by molar-refractivity contribution is 5.86. The van der Waals surface area contributed by atoms with E-state index < -0.39 is 5.97 Å². The molecule has 2 rings (SSSR count). The Hall–Kier alpha value is -1.82. The topological polar surface area (TPSA) is 82.8 Å². The number of nitrogens with one attached hydrogen (secondary N) is 1. The molecule has 0 bridgehead atoms. The van der Waals surface area contributed by atoms with Crippen molar-refractivity contribution in [2.24, 2.45) is 0 Å². The Morgan fingerprint density at radius 3 is 2.74 bits per heavy atom. The van der Waals surface area contributed by atoms with E-state index in [9.17, 15) is 9.59 Å². The Kier molecular flexibility index (Phi) is 3.90. The lowest BCUT2D eigenvalue weighted by Crippen LogP contribution is -2.35. The number of aryl methyl sites for hydroxylation is 1. The van der Waals surface area contributed by atoms with E-state index >= 15 is 0 Å². The summed E-state index contributed by atoms with van der Waals surface area (Å²) in [5.74, 6) is -0.563. The summed E-state index contributed by atoms with van der Waals surface area (Å²) in [6.45, 7) is 2.38. The van der Waals surface area contributed by atoms with Gasteiger partial charge in [-0.05, 0) is 32.9 Å². The van der Waals surface area contributed by atoms with E-state index in [1.165, 1.54) is 0 Å². The van der Waals surface area contributed by atoms with Gasteiger partial charge in [0.1, 0.15) is 5.76 Å². The fourth-order valence-electron chi connectivity index (χ4n) is 1.91. The third-order valence-electron chi connectivity index (χ3n) is 2.94. The van der Waals surface area contributed by atoms with Crippen LogP contribution in [0.1, 0.15) is 34.7 Å². The van der Waals surface area contributed by atoms with Crippen LogP contribution in [0.15, 0.2) is 10.5 Å². The Morgan fingerprint density at radius 2 is 2.21 bits per heavy atom. The number of carbonyl (C=O) groups is 2. The molecule has 1 aromatic rings. The average Bonchev–Trinajstić information content (AvgIpc) is 3.00. The van der Waals surface area contributed by atoms with Crippen molar-refractivity contribution in [3.8, 4) is 0 Å². The van der Waals surface area contributed by atoms with Gasteiger partial charge < -0.3 is 14.8 Å². The van der Waals surface area contributed by atoms with Gasteiger partial charge in [-0.3, -0.25) is 9.69 Å². The van der Waals surface area contributed by atoms with Crippen LogP contribution in [0, 0.1) is 6.92 Å². The summed E-state index contributed by atoms with van der Waals surface area (Å²) in [6, 6.07) is 2.05. The second kappa shape index (κ2) is 5.44. The van der Waals surface area contributed by atoms with Crippen molar-refractivity contribution in [3.05, 3.63) is 23.2 Å². The number of nitrogens with zero attached hydrogens (tertiary/aromatic N) is 1. The van der Waals surface area contributed by atoms with Gasteiger partial charge in [-0.15, -0.1) is 0 Å². The molecule has 1 aliphatic rings. The monoisotopic (exact) mass is 266 g/mol. The molecule has 0 saturated heterocycles. The Balaban J connectivity index is 1.87. The zero-order chi connectivity index (χ0) is 14.0. The van der Waals surface area contributed by atoms with Crippen molar-refractivity contribution >= 4 is 11.9 Å². The number of amides is 1. The SMILES string of the molecule is Cc1cc(CN(C)CC(=O)NC2CC2)oc1C(=O)O. The molecule has 104 valence electrons. The van der Waals surface area contributed by atoms with Crippen molar-refractivity contribution in [2.45, 2.75) is 32.4 Å². The summed E-state index contributed by atoms with van der Waals surface area (Å²) >= 11 is 0. The van der Waals surface area contributed by atoms with Crippen LogP contribution < -0.4 is 5.32 Å². The van der Waals surface area contributed by atoms with Gasteiger partial charge in [0.05, 0.1) is 13.1 Å². The molecule has 1 amide bonds. The van der Waals surface area contributed by atoms with E-state index in [0.29, 0.717) is 23.9 Å². The average molecular weight is 266 g/mol. The van der Waals surface area contributed by atoms with E-state index in [2.05, 4.69) is 5.32 Å². The molecule has 0 unspecified atom stereocenters. The third-order valence-corrected chi connectivity index (χ3v) is 2.94. The van der Waals surface area contributed by atoms with Gasteiger partial charge in [0.2, 0.25) is 11.7 Å². The van der Waals surface area contributed by atoms with Crippen LogP contribution >= 0.6 is 0 Å². The van der Waals surface area contributed by atoms with E-state index in [-0.39, 0.29) is 18.2 Å². The highest BCUT2D eigenvalue weighted by atomic mass is 16.4. The number of furan rings is 1. The normalized spacial score (nSPS) is 14.7. The minimum atomic E-state index is -1.07. The largest absolute Gasteiger partial charge is 0.475 e. The number of hydrogen-bond donors (Lipinski definition) is 2. The summed E-state index contributed by atoms with van der Waals surface area (Å²) in [5, 5.41) is 11.8. The second-order valence-electron chi connectivity index (χ2n) is 5.04. The van der Waals surface area contributed by atoms with Crippen molar-refractivity contribution < 1.29 is 19.1 Å². The molecule has 1 saturated carbocycles. The first-order valence-corrected chi connectivity index (χ1v) is 6.26. The lowest BCUT2D eigenvalue weighted by molar-refractivity contribution is -0.122. The van der Waals surface area contributed by atoms with Gasteiger partial charge in [0.25, 0.3) is 0 Å². The summed E-state index contributed by atoms with van der Waals surface area (Å²) in [6.07, 6.45) is 2.13. The zero-order valence-corrected chi connectivity index (χ0v) is 11.1. The first-order valence-electron chi connectivity index (χ1n) is 6.26. The highest BCUT2D eigenvalue weighted by Gasteiger charge is 2.23. The van der Waals surface area contributed by atoms with Gasteiger partial charge in [-0.1, -0.05) is 0 Å². The van der Waals surface area contributed by atoms with Gasteiger partial charge >= 0.3 is 5.97 Å². The smallest absolute Gasteiger partial charge is 0.372 e. The molecule has 1 fully saturated rings. The van der Waals surface area contributed by atoms with Gasteiger partial charge in [0, 0.05) is 11.6 Å². The summed E-state index contributed by atoms with van der Waals surface area (Å²) < 4.78 is 5.25. The van der Waals surface area contributed by atoms with Crippen molar-refractivity contribution in [1.29, 1.82) is 0 Å². The minimum absolute atomic E-state index is 0.00765. The molecule has 0 radical (unpaired) electrons. The van der Waals surface area contributed by atoms with Crippen LogP contribution in [0.3, 0.4) is 0 Å². The van der Waals surface area contributed by atoms with Gasteiger partial charge in [-0.25, -0.2) is 4.79 Å². The van der Waals surface area contributed by atoms with Crippen molar-refractivity contribution in [1.82, 2.24) is 10.2 Å². The fraction of sp³-hybridized carbons (Fsp3) is 0.538. The van der Waals surface area contributed by atoms with E-state index in [1.807, 2.05) is 0 Å². The number of aromatic carboxylic acids is 1. The summed E-state index contributed by atoms with van der Waals surface area (Å²) in [7, 11) is 1.80. The molecule has 1 aromatic heterocycles. The Bertz CT molecular complexity index is 491. The van der Waals surface area contributed by atoms with E-state index in [0.717, 1.165) is 12.8 Å². The van der Waals surface area contributed by atoms with Gasteiger partial charge in [0.15, 0.2) is 0 Å². The molecule has 0 aromatic carbocycles. The molecular formula is C13H18N2O4. The maximum absolute atomic E-state index is 11.6. The molecule has 1 heterocycles. The summed E-state index contributed by atoms with van der Waals surface area (Å²) in [4.78, 5) is 24.2. The highest BCUT2D eigenvalue weighted by Crippen LogP contribution is 2.18. The first kappa shape index (κ1) is 13.6. The molecule has 1 aliphatic carbocycles. The van der Waals surface area contributed by atoms with Crippen LogP contribution in [-0.4, -0.2) is 41.5 Å². The standard InChI is InChI=1S/C13H18N2O4/c1-8-5-10(19-12(8)13(17)18)6-15(2)7-11(16)14-9-3-4-9/h5,9H,3-4,6-7H2,1-2H3,(H,14,16)(H,17,18). The van der Waals surface area contributed by atoms with Crippen LogP contribution in [-0.2, 0) is 11.3 Å². The molecule has 0 spiro atoms. The predicted octanol–water partition coefficient (Wildman–Crippen LogP) is 0.997. The third kappa shape index (κ3) is 3.82. The zero-order valence-electron chi connectivity index (χ0n) is 11.1. The van der Waals surface area contributed by atoms with Crippen LogP contribution in [0.2, 0.25) is 0 Å². The Morgan fingerprint density at radius 1 is 1.53 bits per heavy atom.